The number of carbonyl (C=O) groups is 2. The van der Waals surface area contributed by atoms with Crippen molar-refractivity contribution in [3.63, 3.8) is 0 Å². The molecule has 1 atom stereocenters. The van der Waals surface area contributed by atoms with Crippen LogP contribution in [0, 0.1) is 6.92 Å². The summed E-state index contributed by atoms with van der Waals surface area (Å²) >= 11 is 0. The van der Waals surface area contributed by atoms with Crippen LogP contribution in [0.5, 0.6) is 11.5 Å². The molecule has 2 aliphatic heterocycles. The molecule has 146 valence electrons. The Balaban J connectivity index is 1.44. The number of fused-ring (bicyclic) bond motifs is 1. The molecule has 0 spiro atoms. The van der Waals surface area contributed by atoms with Gasteiger partial charge in [-0.15, -0.1) is 0 Å². The van der Waals surface area contributed by atoms with E-state index < -0.39 is 6.04 Å². The van der Waals surface area contributed by atoms with E-state index in [9.17, 15) is 9.59 Å². The average Bonchev–Trinajstić information content (AvgIpc) is 3.17. The van der Waals surface area contributed by atoms with Gasteiger partial charge in [0.2, 0.25) is 18.6 Å². The van der Waals surface area contributed by atoms with Gasteiger partial charge in [0.1, 0.15) is 6.04 Å². The van der Waals surface area contributed by atoms with Crippen LogP contribution in [0.15, 0.2) is 36.5 Å². The molecule has 4 rings (SSSR count). The third kappa shape index (κ3) is 3.91. The fourth-order valence-electron chi connectivity index (χ4n) is 3.33. The number of nitrogens with zero attached hydrogens (tertiary/aromatic N) is 2. The zero-order valence-electron chi connectivity index (χ0n) is 15.6. The van der Waals surface area contributed by atoms with E-state index in [1.54, 1.807) is 23.2 Å². The summed E-state index contributed by atoms with van der Waals surface area (Å²) in [6, 6.07) is 8.52. The molecule has 1 fully saturated rings. The number of benzene rings is 1. The number of pyridine rings is 1. The molecule has 2 amide bonds. The van der Waals surface area contributed by atoms with E-state index in [1.165, 1.54) is 0 Å². The van der Waals surface area contributed by atoms with Gasteiger partial charge in [0.05, 0.1) is 18.3 Å². The molecule has 0 aliphatic carbocycles. The first-order valence-electron chi connectivity index (χ1n) is 9.22. The number of hydrogen-bond acceptors (Lipinski definition) is 6. The summed E-state index contributed by atoms with van der Waals surface area (Å²) in [5.74, 6) is 1.01. The average molecular weight is 382 g/mol. The van der Waals surface area contributed by atoms with Crippen LogP contribution in [-0.2, 0) is 16.0 Å². The lowest BCUT2D eigenvalue weighted by Gasteiger charge is -2.35. The number of hydrogen-bond donors (Lipinski definition) is 2. The highest BCUT2D eigenvalue weighted by atomic mass is 16.7. The van der Waals surface area contributed by atoms with E-state index in [0.717, 1.165) is 11.3 Å². The first-order chi connectivity index (χ1) is 13.6. The number of aryl methyl sites for hydroxylation is 1. The number of ether oxygens (including phenoxy) is 2. The van der Waals surface area contributed by atoms with Crippen molar-refractivity contribution >= 4 is 17.5 Å². The minimum absolute atomic E-state index is 0.0949. The fraction of sp³-hybridized carbons (Fsp3) is 0.350. The molecule has 2 aliphatic rings. The molecular formula is C20H22N4O4. The van der Waals surface area contributed by atoms with Crippen LogP contribution in [0.3, 0.4) is 0 Å². The Morgan fingerprint density at radius 3 is 2.93 bits per heavy atom. The molecule has 8 nitrogen and oxygen atoms in total. The van der Waals surface area contributed by atoms with Crippen LogP contribution in [0.4, 0.5) is 5.69 Å². The molecule has 2 aromatic rings. The number of amides is 2. The molecule has 3 heterocycles. The zero-order valence-corrected chi connectivity index (χ0v) is 15.6. The maximum absolute atomic E-state index is 12.9. The first kappa shape index (κ1) is 18.2. The van der Waals surface area contributed by atoms with Gasteiger partial charge in [-0.2, -0.15) is 0 Å². The lowest BCUT2D eigenvalue weighted by atomic mass is 10.1. The largest absolute Gasteiger partial charge is 0.454 e. The van der Waals surface area contributed by atoms with Gasteiger partial charge >= 0.3 is 0 Å². The molecular weight excluding hydrogens is 360 g/mol. The van der Waals surface area contributed by atoms with Crippen molar-refractivity contribution in [2.45, 2.75) is 19.4 Å². The second kappa shape index (κ2) is 7.85. The van der Waals surface area contributed by atoms with Crippen molar-refractivity contribution in [1.29, 1.82) is 0 Å². The molecule has 2 N–H and O–H groups in total. The highest BCUT2D eigenvalue weighted by Gasteiger charge is 2.32. The van der Waals surface area contributed by atoms with Gasteiger partial charge in [0.15, 0.2) is 11.5 Å². The molecule has 0 saturated carbocycles. The predicted molar refractivity (Wildman–Crippen MR) is 102 cm³/mol. The van der Waals surface area contributed by atoms with E-state index in [1.807, 2.05) is 25.1 Å². The summed E-state index contributed by atoms with van der Waals surface area (Å²) < 4.78 is 10.7. The molecule has 0 bridgehead atoms. The molecule has 1 saturated heterocycles. The van der Waals surface area contributed by atoms with E-state index >= 15 is 0 Å². The van der Waals surface area contributed by atoms with E-state index in [0.29, 0.717) is 36.8 Å². The summed E-state index contributed by atoms with van der Waals surface area (Å²) in [6.45, 7) is 3.63. The van der Waals surface area contributed by atoms with E-state index in [-0.39, 0.29) is 25.0 Å². The molecule has 1 aromatic carbocycles. The normalized spacial score (nSPS) is 18.0. The van der Waals surface area contributed by atoms with Crippen molar-refractivity contribution in [3.8, 4) is 11.5 Å². The third-order valence-corrected chi connectivity index (χ3v) is 4.84. The number of nitrogens with one attached hydrogen (secondary N) is 2. The summed E-state index contributed by atoms with van der Waals surface area (Å²) in [5, 5.41) is 6.04. The van der Waals surface area contributed by atoms with Crippen molar-refractivity contribution in [2.75, 3.05) is 31.7 Å². The van der Waals surface area contributed by atoms with E-state index in [2.05, 4.69) is 15.6 Å². The Kier molecular flexibility index (Phi) is 5.12. The Morgan fingerprint density at radius 1 is 1.25 bits per heavy atom. The summed E-state index contributed by atoms with van der Waals surface area (Å²) in [5.41, 5.74) is 2.32. The number of aromatic nitrogens is 1. The monoisotopic (exact) mass is 382 g/mol. The topological polar surface area (TPSA) is 92.8 Å². The molecule has 28 heavy (non-hydrogen) atoms. The highest BCUT2D eigenvalue weighted by Crippen LogP contribution is 2.32. The summed E-state index contributed by atoms with van der Waals surface area (Å²) in [6.07, 6.45) is 1.81. The maximum Gasteiger partial charge on any atom is 0.248 e. The minimum Gasteiger partial charge on any atom is -0.454 e. The SMILES string of the molecule is Cc1ccc(NC(=O)C2CNCCN2C(=O)Cc2ccc3c(c2)OCO3)cn1. The Labute approximate surface area is 162 Å². The first-order valence-corrected chi connectivity index (χ1v) is 9.22. The van der Waals surface area contributed by atoms with Gasteiger partial charge < -0.3 is 25.0 Å². The van der Waals surface area contributed by atoms with Crippen molar-refractivity contribution in [3.05, 3.63) is 47.8 Å². The van der Waals surface area contributed by atoms with Crippen LogP contribution in [0.1, 0.15) is 11.3 Å². The number of carbonyl (C=O) groups excluding carboxylic acids is 2. The van der Waals surface area contributed by atoms with Crippen LogP contribution in [0.2, 0.25) is 0 Å². The lowest BCUT2D eigenvalue weighted by molar-refractivity contribution is -0.139. The van der Waals surface area contributed by atoms with Gasteiger partial charge in [0, 0.05) is 25.3 Å². The van der Waals surface area contributed by atoms with Gasteiger partial charge in [0.25, 0.3) is 0 Å². The second-order valence-electron chi connectivity index (χ2n) is 6.85. The van der Waals surface area contributed by atoms with Crippen molar-refractivity contribution in [2.24, 2.45) is 0 Å². The third-order valence-electron chi connectivity index (χ3n) is 4.84. The lowest BCUT2D eigenvalue weighted by Crippen LogP contribution is -2.58. The minimum atomic E-state index is -0.573. The molecule has 0 radical (unpaired) electrons. The standard InChI is InChI=1S/C20H22N4O4/c1-13-2-4-15(10-22-13)23-20(26)16-11-21-6-7-24(16)19(25)9-14-3-5-17-18(8-14)28-12-27-17/h2-5,8,10,16,21H,6-7,9,11-12H2,1H3,(H,23,26). The van der Waals surface area contributed by atoms with Crippen molar-refractivity contribution in [1.82, 2.24) is 15.2 Å². The maximum atomic E-state index is 12.9. The highest BCUT2D eigenvalue weighted by molar-refractivity contribution is 5.97. The summed E-state index contributed by atoms with van der Waals surface area (Å²) in [4.78, 5) is 31.5. The van der Waals surface area contributed by atoms with Gasteiger partial charge in [-0.3, -0.25) is 14.6 Å². The Morgan fingerprint density at radius 2 is 2.11 bits per heavy atom. The number of anilines is 1. The van der Waals surface area contributed by atoms with Gasteiger partial charge in [-0.25, -0.2) is 0 Å². The molecule has 1 aromatic heterocycles. The van der Waals surface area contributed by atoms with Crippen LogP contribution >= 0.6 is 0 Å². The number of rotatable bonds is 4. The fourth-order valence-corrected chi connectivity index (χ4v) is 3.33. The van der Waals surface area contributed by atoms with Gasteiger partial charge in [-0.05, 0) is 36.8 Å². The Bertz CT molecular complexity index is 884. The van der Waals surface area contributed by atoms with Crippen molar-refractivity contribution < 1.29 is 19.1 Å². The van der Waals surface area contributed by atoms with E-state index in [4.69, 9.17) is 9.47 Å². The quantitative estimate of drug-likeness (QED) is 0.823. The van der Waals surface area contributed by atoms with Crippen LogP contribution < -0.4 is 20.1 Å². The summed E-state index contributed by atoms with van der Waals surface area (Å²) in [7, 11) is 0. The second-order valence-corrected chi connectivity index (χ2v) is 6.85. The predicted octanol–water partition coefficient (Wildman–Crippen LogP) is 1.10. The zero-order chi connectivity index (χ0) is 19.5. The molecule has 1 unspecified atom stereocenters. The van der Waals surface area contributed by atoms with Crippen LogP contribution in [0.25, 0.3) is 0 Å². The number of piperazine rings is 1. The molecule has 8 heteroatoms. The van der Waals surface area contributed by atoms with Gasteiger partial charge in [-0.1, -0.05) is 6.07 Å². The Hall–Kier alpha value is -3.13. The van der Waals surface area contributed by atoms with Crippen LogP contribution in [-0.4, -0.2) is 54.2 Å². The smallest absolute Gasteiger partial charge is 0.248 e.